The Labute approximate surface area is 143 Å². The summed E-state index contributed by atoms with van der Waals surface area (Å²) in [5.74, 6) is 0.883. The maximum atomic E-state index is 12.3. The second-order valence-electron chi connectivity index (χ2n) is 6.39. The van der Waals surface area contributed by atoms with Gasteiger partial charge in [0.25, 0.3) is 0 Å². The zero-order valence-corrected chi connectivity index (χ0v) is 14.2. The second-order valence-corrected chi connectivity index (χ2v) is 6.39. The highest BCUT2D eigenvalue weighted by molar-refractivity contribution is 5.91. The van der Waals surface area contributed by atoms with Gasteiger partial charge < -0.3 is 10.6 Å². The SMILES string of the molecule is CCc1ccccc1Nc1ccc(NC(=O)C2CCCCC2)nc1. The molecule has 1 saturated carbocycles. The fraction of sp³-hybridized carbons (Fsp3) is 0.400. The largest absolute Gasteiger partial charge is 0.354 e. The second kappa shape index (κ2) is 7.95. The molecule has 3 rings (SSSR count). The lowest BCUT2D eigenvalue weighted by Gasteiger charge is -2.20. The number of hydrogen-bond acceptors (Lipinski definition) is 3. The highest BCUT2D eigenvalue weighted by atomic mass is 16.1. The van der Waals surface area contributed by atoms with Gasteiger partial charge in [-0.15, -0.1) is 0 Å². The van der Waals surface area contributed by atoms with Crippen LogP contribution in [0.15, 0.2) is 42.6 Å². The molecule has 0 saturated heterocycles. The topological polar surface area (TPSA) is 54.0 Å². The molecule has 1 aromatic heterocycles. The summed E-state index contributed by atoms with van der Waals surface area (Å²) in [5, 5.41) is 6.34. The Bertz CT molecular complexity index is 676. The molecule has 0 bridgehead atoms. The predicted molar refractivity (Wildman–Crippen MR) is 98.5 cm³/mol. The lowest BCUT2D eigenvalue weighted by Crippen LogP contribution is -2.25. The Morgan fingerprint density at radius 1 is 1.12 bits per heavy atom. The summed E-state index contributed by atoms with van der Waals surface area (Å²) >= 11 is 0. The minimum atomic E-state index is 0.110. The highest BCUT2D eigenvalue weighted by Gasteiger charge is 2.21. The molecule has 0 unspecified atom stereocenters. The van der Waals surface area contributed by atoms with E-state index in [0.717, 1.165) is 43.5 Å². The van der Waals surface area contributed by atoms with Crippen molar-refractivity contribution in [2.45, 2.75) is 45.4 Å². The number of nitrogens with one attached hydrogen (secondary N) is 2. The molecule has 4 nitrogen and oxygen atoms in total. The summed E-state index contributed by atoms with van der Waals surface area (Å²) in [7, 11) is 0. The first kappa shape index (κ1) is 16.5. The monoisotopic (exact) mass is 323 g/mol. The van der Waals surface area contributed by atoms with Gasteiger partial charge in [-0.05, 0) is 43.0 Å². The summed E-state index contributed by atoms with van der Waals surface area (Å²) < 4.78 is 0. The quantitative estimate of drug-likeness (QED) is 0.822. The van der Waals surface area contributed by atoms with E-state index in [1.165, 1.54) is 12.0 Å². The molecule has 24 heavy (non-hydrogen) atoms. The first-order chi connectivity index (χ1) is 11.8. The molecule has 126 valence electrons. The maximum absolute atomic E-state index is 12.3. The van der Waals surface area contributed by atoms with Crippen LogP contribution < -0.4 is 10.6 Å². The minimum Gasteiger partial charge on any atom is -0.354 e. The van der Waals surface area contributed by atoms with Gasteiger partial charge in [-0.25, -0.2) is 4.98 Å². The molecule has 2 N–H and O–H groups in total. The van der Waals surface area contributed by atoms with E-state index in [9.17, 15) is 4.79 Å². The standard InChI is InChI=1S/C20H25N3O/c1-2-15-8-6-7-11-18(15)22-17-12-13-19(21-14-17)23-20(24)16-9-4-3-5-10-16/h6-8,11-14,16,22H,2-5,9-10H2,1H3,(H,21,23,24). The molecule has 1 amide bonds. The van der Waals surface area contributed by atoms with Crippen molar-refractivity contribution in [2.24, 2.45) is 5.92 Å². The molecule has 1 aromatic carbocycles. The average molecular weight is 323 g/mol. The van der Waals surface area contributed by atoms with Crippen molar-refractivity contribution in [3.63, 3.8) is 0 Å². The van der Waals surface area contributed by atoms with Crippen LogP contribution in [0.25, 0.3) is 0 Å². The van der Waals surface area contributed by atoms with E-state index in [-0.39, 0.29) is 11.8 Å². The Morgan fingerprint density at radius 3 is 2.62 bits per heavy atom. The zero-order valence-electron chi connectivity index (χ0n) is 14.2. The molecule has 1 aliphatic carbocycles. The molecular weight excluding hydrogens is 298 g/mol. The van der Waals surface area contributed by atoms with Crippen LogP contribution >= 0.6 is 0 Å². The van der Waals surface area contributed by atoms with Crippen LogP contribution in [0.5, 0.6) is 0 Å². The van der Waals surface area contributed by atoms with E-state index in [1.54, 1.807) is 6.20 Å². The molecule has 1 heterocycles. The van der Waals surface area contributed by atoms with Gasteiger partial charge in [-0.2, -0.15) is 0 Å². The lowest BCUT2D eigenvalue weighted by molar-refractivity contribution is -0.120. The van der Waals surface area contributed by atoms with E-state index in [0.29, 0.717) is 5.82 Å². The average Bonchev–Trinajstić information content (AvgIpc) is 2.64. The fourth-order valence-corrected chi connectivity index (χ4v) is 3.24. The van der Waals surface area contributed by atoms with Crippen LogP contribution in [0.4, 0.5) is 17.2 Å². The number of rotatable bonds is 5. The summed E-state index contributed by atoms with van der Waals surface area (Å²) in [6.07, 6.45) is 8.31. The van der Waals surface area contributed by atoms with E-state index < -0.39 is 0 Å². The predicted octanol–water partition coefficient (Wildman–Crippen LogP) is 4.91. The number of benzene rings is 1. The molecule has 0 radical (unpaired) electrons. The molecule has 1 aliphatic rings. The normalized spacial score (nSPS) is 15.0. The first-order valence-corrected chi connectivity index (χ1v) is 8.88. The van der Waals surface area contributed by atoms with Crippen LogP contribution in [0.1, 0.15) is 44.6 Å². The van der Waals surface area contributed by atoms with E-state index in [1.807, 2.05) is 24.3 Å². The fourth-order valence-electron chi connectivity index (χ4n) is 3.24. The Hall–Kier alpha value is -2.36. The van der Waals surface area contributed by atoms with Crippen LogP contribution in [0, 0.1) is 5.92 Å². The van der Waals surface area contributed by atoms with Crippen molar-refractivity contribution in [1.82, 2.24) is 4.98 Å². The minimum absolute atomic E-state index is 0.110. The smallest absolute Gasteiger partial charge is 0.228 e. The lowest BCUT2D eigenvalue weighted by atomic mass is 9.89. The molecule has 0 aliphatic heterocycles. The van der Waals surface area contributed by atoms with Crippen molar-refractivity contribution in [3.05, 3.63) is 48.2 Å². The van der Waals surface area contributed by atoms with Gasteiger partial charge in [-0.3, -0.25) is 4.79 Å². The van der Waals surface area contributed by atoms with E-state index in [4.69, 9.17) is 0 Å². The summed E-state index contributed by atoms with van der Waals surface area (Å²) in [6, 6.07) is 12.1. The van der Waals surface area contributed by atoms with Gasteiger partial charge in [0.15, 0.2) is 0 Å². The zero-order chi connectivity index (χ0) is 16.8. The number of hydrogen-bond donors (Lipinski definition) is 2. The van der Waals surface area contributed by atoms with Crippen LogP contribution in [0.2, 0.25) is 0 Å². The number of amides is 1. The maximum Gasteiger partial charge on any atom is 0.228 e. The number of carbonyl (C=O) groups excluding carboxylic acids is 1. The summed E-state index contributed by atoms with van der Waals surface area (Å²) in [5.41, 5.74) is 3.29. The van der Waals surface area contributed by atoms with Gasteiger partial charge >= 0.3 is 0 Å². The Balaban J connectivity index is 1.61. The summed E-state index contributed by atoms with van der Waals surface area (Å²) in [6.45, 7) is 2.14. The molecule has 0 spiro atoms. The van der Waals surface area contributed by atoms with Crippen molar-refractivity contribution >= 4 is 23.1 Å². The third-order valence-electron chi connectivity index (χ3n) is 4.67. The van der Waals surface area contributed by atoms with Crippen LogP contribution in [-0.2, 0) is 11.2 Å². The number of pyridine rings is 1. The number of nitrogens with zero attached hydrogens (tertiary/aromatic N) is 1. The van der Waals surface area contributed by atoms with Crippen molar-refractivity contribution < 1.29 is 4.79 Å². The van der Waals surface area contributed by atoms with E-state index >= 15 is 0 Å². The van der Waals surface area contributed by atoms with Crippen LogP contribution in [0.3, 0.4) is 0 Å². The molecule has 4 heteroatoms. The van der Waals surface area contributed by atoms with Gasteiger partial charge in [0, 0.05) is 11.6 Å². The van der Waals surface area contributed by atoms with Crippen molar-refractivity contribution in [3.8, 4) is 0 Å². The third kappa shape index (κ3) is 4.13. The summed E-state index contributed by atoms with van der Waals surface area (Å²) in [4.78, 5) is 16.6. The number of para-hydroxylation sites is 1. The number of carbonyl (C=O) groups is 1. The first-order valence-electron chi connectivity index (χ1n) is 8.88. The van der Waals surface area contributed by atoms with Gasteiger partial charge in [0.1, 0.15) is 5.82 Å². The molecule has 1 fully saturated rings. The third-order valence-corrected chi connectivity index (χ3v) is 4.67. The Kier molecular flexibility index (Phi) is 5.47. The van der Waals surface area contributed by atoms with Gasteiger partial charge in [0.05, 0.1) is 11.9 Å². The number of aromatic nitrogens is 1. The van der Waals surface area contributed by atoms with Gasteiger partial charge in [0.2, 0.25) is 5.91 Å². The molecule has 2 aromatic rings. The highest BCUT2D eigenvalue weighted by Crippen LogP contribution is 2.25. The van der Waals surface area contributed by atoms with E-state index in [2.05, 4.69) is 34.7 Å². The molecule has 0 atom stereocenters. The van der Waals surface area contributed by atoms with Crippen molar-refractivity contribution in [1.29, 1.82) is 0 Å². The van der Waals surface area contributed by atoms with Crippen LogP contribution in [-0.4, -0.2) is 10.9 Å². The number of anilines is 3. The van der Waals surface area contributed by atoms with Gasteiger partial charge in [-0.1, -0.05) is 44.4 Å². The van der Waals surface area contributed by atoms with Crippen molar-refractivity contribution in [2.75, 3.05) is 10.6 Å². The molecular formula is C20H25N3O. The Morgan fingerprint density at radius 2 is 1.92 bits per heavy atom. The number of aryl methyl sites for hydroxylation is 1.